The van der Waals surface area contributed by atoms with Crippen molar-refractivity contribution in [2.45, 2.75) is 116 Å². The minimum atomic E-state index is -0.905. The Morgan fingerprint density at radius 3 is 2.62 bits per heavy atom. The number of allylic oxidation sites excluding steroid dienone is 4. The molecule has 1 N–H and O–H groups in total. The van der Waals surface area contributed by atoms with Gasteiger partial charge in [-0.15, -0.1) is 0 Å². The second-order valence-electron chi connectivity index (χ2n) is 13.3. The van der Waals surface area contributed by atoms with Gasteiger partial charge in [-0.1, -0.05) is 44.2 Å². The lowest BCUT2D eigenvalue weighted by atomic mass is 9.84. The molecule has 5 heterocycles. The minimum Gasteiger partial charge on any atom is -0.462 e. The summed E-state index contributed by atoms with van der Waals surface area (Å²) in [6.45, 7) is 11.6. The molecule has 0 aliphatic carbocycles. The zero-order chi connectivity index (χ0) is 32.5. The number of methoxy groups -OCH3 is 1. The maximum atomic E-state index is 13.4. The summed E-state index contributed by atoms with van der Waals surface area (Å²) in [5.41, 5.74) is 1.86. The lowest BCUT2D eigenvalue weighted by molar-refractivity contribution is -0.159. The third kappa shape index (κ3) is 8.03. The first-order valence-corrected chi connectivity index (χ1v) is 16.0. The Kier molecular flexibility index (Phi) is 10.2. The van der Waals surface area contributed by atoms with Crippen molar-refractivity contribution >= 4 is 18.0 Å². The third-order valence-corrected chi connectivity index (χ3v) is 9.63. The van der Waals surface area contributed by atoms with Gasteiger partial charge in [-0.3, -0.25) is 4.79 Å². The van der Waals surface area contributed by atoms with Crippen molar-refractivity contribution in [1.82, 2.24) is 4.98 Å². The van der Waals surface area contributed by atoms with Crippen LogP contribution < -0.4 is 0 Å². The topological polar surface area (TPSA) is 133 Å². The molecular weight excluding hydrogens is 578 g/mol. The van der Waals surface area contributed by atoms with Crippen molar-refractivity contribution in [3.05, 3.63) is 59.4 Å². The van der Waals surface area contributed by atoms with Crippen LogP contribution in [0.25, 0.3) is 6.08 Å². The van der Waals surface area contributed by atoms with Gasteiger partial charge in [0.15, 0.2) is 12.0 Å². The van der Waals surface area contributed by atoms with E-state index in [9.17, 15) is 14.7 Å². The van der Waals surface area contributed by atoms with E-state index in [1.165, 1.54) is 0 Å². The summed E-state index contributed by atoms with van der Waals surface area (Å²) in [5, 5.41) is 11.4. The van der Waals surface area contributed by atoms with Gasteiger partial charge < -0.3 is 33.2 Å². The first-order chi connectivity index (χ1) is 21.4. The molecule has 10 heteroatoms. The SMILES string of the molecule is CO[C@H](/C(C)=C/C=C/C(C)=C/c1coc(C)n1)[C@@H](C)[C@H]1C[C@@H](O)[C@]2(C)O[C@H]2/C=C/[C@@H](C)[C@@H]2C[C@@H](CC(=O)O2)C[C@@H]2O[C@H]2C(=O)O1. The van der Waals surface area contributed by atoms with Crippen LogP contribution >= 0.6 is 0 Å². The number of aromatic nitrogens is 1. The van der Waals surface area contributed by atoms with Crippen LogP contribution in [0, 0.1) is 24.7 Å². The van der Waals surface area contributed by atoms with E-state index in [0.717, 1.165) is 16.8 Å². The van der Waals surface area contributed by atoms with E-state index in [1.807, 2.05) is 71.1 Å². The molecule has 0 amide bonds. The summed E-state index contributed by atoms with van der Waals surface area (Å²) in [4.78, 5) is 30.1. The fourth-order valence-corrected chi connectivity index (χ4v) is 6.64. The van der Waals surface area contributed by atoms with Gasteiger partial charge in [-0.25, -0.2) is 9.78 Å². The molecule has 3 saturated heterocycles. The number of esters is 2. The zero-order valence-corrected chi connectivity index (χ0v) is 27.3. The minimum absolute atomic E-state index is 0.0130. The first-order valence-electron chi connectivity index (χ1n) is 16.0. The fraction of sp³-hybridized carbons (Fsp3) is 0.629. The molecule has 2 bridgehead atoms. The Morgan fingerprint density at radius 1 is 1.16 bits per heavy atom. The van der Waals surface area contributed by atoms with Crippen LogP contribution in [0.3, 0.4) is 0 Å². The molecule has 0 aromatic carbocycles. The van der Waals surface area contributed by atoms with Gasteiger partial charge >= 0.3 is 11.9 Å². The van der Waals surface area contributed by atoms with E-state index in [2.05, 4.69) is 4.98 Å². The van der Waals surface area contributed by atoms with Crippen LogP contribution in [0.5, 0.6) is 0 Å². The Morgan fingerprint density at radius 2 is 1.91 bits per heavy atom. The van der Waals surface area contributed by atoms with E-state index < -0.39 is 36.0 Å². The molecular formula is C35H47NO9. The molecule has 11 atom stereocenters. The van der Waals surface area contributed by atoms with Crippen molar-refractivity contribution in [2.75, 3.05) is 7.11 Å². The summed E-state index contributed by atoms with van der Waals surface area (Å²) in [5.74, 6) is -0.316. The molecule has 0 spiro atoms. The largest absolute Gasteiger partial charge is 0.462 e. The van der Waals surface area contributed by atoms with E-state index in [4.69, 9.17) is 28.1 Å². The van der Waals surface area contributed by atoms with E-state index in [0.29, 0.717) is 25.2 Å². The summed E-state index contributed by atoms with van der Waals surface area (Å²) >= 11 is 0. The average Bonchev–Trinajstić information content (AvgIpc) is 3.86. The monoisotopic (exact) mass is 625 g/mol. The number of fused-ring (bicyclic) bond motifs is 4. The molecule has 45 heavy (non-hydrogen) atoms. The van der Waals surface area contributed by atoms with Crippen LogP contribution in [-0.4, -0.2) is 77.5 Å². The smallest absolute Gasteiger partial charge is 0.338 e. The number of rotatable bonds is 7. The number of epoxide rings is 2. The second-order valence-corrected chi connectivity index (χ2v) is 13.3. The predicted octanol–water partition coefficient (Wildman–Crippen LogP) is 5.05. The molecule has 4 aliphatic rings. The van der Waals surface area contributed by atoms with E-state index in [1.54, 1.807) is 20.3 Å². The van der Waals surface area contributed by atoms with Crippen LogP contribution in [0.1, 0.15) is 71.9 Å². The van der Waals surface area contributed by atoms with Crippen molar-refractivity contribution in [2.24, 2.45) is 17.8 Å². The molecule has 0 unspecified atom stereocenters. The van der Waals surface area contributed by atoms with Crippen molar-refractivity contribution in [3.8, 4) is 0 Å². The third-order valence-electron chi connectivity index (χ3n) is 9.63. The maximum Gasteiger partial charge on any atom is 0.338 e. The number of aliphatic hydroxyl groups is 1. The molecule has 1 aromatic heterocycles. The molecule has 0 radical (unpaired) electrons. The normalized spacial score (nSPS) is 38.0. The number of oxazole rings is 1. The quantitative estimate of drug-likeness (QED) is 0.190. The van der Waals surface area contributed by atoms with Gasteiger partial charge in [-0.2, -0.15) is 0 Å². The molecule has 5 rings (SSSR count). The number of aliphatic hydroxyl groups excluding tert-OH is 1. The molecule has 246 valence electrons. The average molecular weight is 626 g/mol. The van der Waals surface area contributed by atoms with Crippen molar-refractivity contribution < 1.29 is 42.8 Å². The summed E-state index contributed by atoms with van der Waals surface area (Å²) < 4.78 is 34.7. The fourth-order valence-electron chi connectivity index (χ4n) is 6.64. The predicted molar refractivity (Wildman–Crippen MR) is 166 cm³/mol. The van der Waals surface area contributed by atoms with Crippen molar-refractivity contribution in [3.63, 3.8) is 0 Å². The number of ether oxygens (including phenoxy) is 5. The Bertz CT molecular complexity index is 1360. The number of nitrogens with zero attached hydrogens (tertiary/aromatic N) is 1. The van der Waals surface area contributed by atoms with Crippen molar-refractivity contribution in [1.29, 1.82) is 0 Å². The van der Waals surface area contributed by atoms with Gasteiger partial charge in [0, 0.05) is 38.7 Å². The highest BCUT2D eigenvalue weighted by Crippen LogP contribution is 2.44. The summed E-state index contributed by atoms with van der Waals surface area (Å²) in [6, 6.07) is 0. The molecule has 1 aromatic rings. The lowest BCUT2D eigenvalue weighted by Gasteiger charge is -2.33. The van der Waals surface area contributed by atoms with Gasteiger partial charge in [0.1, 0.15) is 35.9 Å². The summed E-state index contributed by atoms with van der Waals surface area (Å²) in [6.07, 6.45) is 11.7. The summed E-state index contributed by atoms with van der Waals surface area (Å²) in [7, 11) is 1.63. The van der Waals surface area contributed by atoms with E-state index >= 15 is 0 Å². The highest BCUT2D eigenvalue weighted by Gasteiger charge is 2.57. The highest BCUT2D eigenvalue weighted by atomic mass is 16.6. The van der Waals surface area contributed by atoms with Crippen LogP contribution in [-0.2, 0) is 33.3 Å². The number of carbonyl (C=O) groups excluding carboxylic acids is 2. The zero-order valence-electron chi connectivity index (χ0n) is 27.3. The van der Waals surface area contributed by atoms with Gasteiger partial charge in [0.2, 0.25) is 0 Å². The second kappa shape index (κ2) is 13.7. The Labute approximate surface area is 265 Å². The highest BCUT2D eigenvalue weighted by molar-refractivity contribution is 5.78. The first kappa shape index (κ1) is 33.3. The van der Waals surface area contributed by atoms with Gasteiger partial charge in [-0.05, 0) is 56.8 Å². The number of hydrogen-bond acceptors (Lipinski definition) is 10. The molecule has 3 fully saturated rings. The van der Waals surface area contributed by atoms with Crippen LogP contribution in [0.4, 0.5) is 0 Å². The molecule has 10 nitrogen and oxygen atoms in total. The standard InChI is InChI=1S/C35H47NO9/c1-19(13-25-18-41-23(5)36-25)9-8-10-21(3)32(40-7)22(4)27-17-29(37)35(6)30(45-35)12-11-20(2)26-14-24(16-31(38)42-26)15-28-33(43-28)34(39)44-27/h8-13,18,20,22,24,26-30,32-33,37H,14-17H2,1-7H3/b9-8+,12-11+,19-13+,21-10+/t20-,22+,24-,26+,27-,28+,29-,30+,32-,33-,35+/m1/s1. The number of hydrogen-bond donors (Lipinski definition) is 1. The Balaban J connectivity index is 1.33. The number of carbonyl (C=O) groups is 2. The molecule has 4 aliphatic heterocycles. The maximum absolute atomic E-state index is 13.4. The van der Waals surface area contributed by atoms with Gasteiger partial charge in [0.25, 0.3) is 0 Å². The number of cyclic esters (lactones) is 1. The van der Waals surface area contributed by atoms with Crippen LogP contribution in [0.15, 0.2) is 52.2 Å². The van der Waals surface area contributed by atoms with E-state index in [-0.39, 0.29) is 48.5 Å². The van der Waals surface area contributed by atoms with Gasteiger partial charge in [0.05, 0.1) is 18.3 Å². The number of aryl methyl sites for hydroxylation is 1. The van der Waals surface area contributed by atoms with Crippen LogP contribution in [0.2, 0.25) is 0 Å². The molecule has 0 saturated carbocycles. The lowest BCUT2D eigenvalue weighted by Crippen LogP contribution is -2.42. The Hall–Kier alpha value is -3.05.